The average molecular weight is 609 g/mol. The molecular weight excluding hydrogens is 575 g/mol. The summed E-state index contributed by atoms with van der Waals surface area (Å²) < 4.78 is 38.4. The Balaban J connectivity index is 1.01. The number of nitrogens with one attached hydrogen (secondary N) is 2. The molecule has 44 heavy (non-hydrogen) atoms. The molecule has 13 nitrogen and oxygen atoms in total. The Morgan fingerprint density at radius 1 is 1.23 bits per heavy atom. The quantitative estimate of drug-likeness (QED) is 0.328. The zero-order valence-corrected chi connectivity index (χ0v) is 24.2. The van der Waals surface area contributed by atoms with Gasteiger partial charge in [0.15, 0.2) is 18.2 Å². The molecule has 3 aromatic rings. The van der Waals surface area contributed by atoms with Crippen LogP contribution in [0.4, 0.5) is 20.8 Å². The van der Waals surface area contributed by atoms with Crippen LogP contribution in [0.1, 0.15) is 37.7 Å². The normalized spacial score (nSPS) is 27.1. The van der Waals surface area contributed by atoms with Crippen LogP contribution in [0.5, 0.6) is 11.6 Å². The highest BCUT2D eigenvalue weighted by Gasteiger charge is 2.52. The minimum Gasteiger partial charge on any atom is -0.480 e. The second kappa shape index (κ2) is 11.0. The van der Waals surface area contributed by atoms with E-state index in [4.69, 9.17) is 24.1 Å². The van der Waals surface area contributed by atoms with Gasteiger partial charge in [-0.2, -0.15) is 0 Å². The first-order valence-corrected chi connectivity index (χ1v) is 14.7. The van der Waals surface area contributed by atoms with E-state index in [0.717, 1.165) is 31.5 Å². The monoisotopic (exact) mass is 608 g/mol. The van der Waals surface area contributed by atoms with Gasteiger partial charge in [-0.15, -0.1) is 0 Å². The molecule has 4 aliphatic heterocycles. The van der Waals surface area contributed by atoms with Crippen LogP contribution in [-0.2, 0) is 20.7 Å². The Bertz CT molecular complexity index is 1600. The van der Waals surface area contributed by atoms with Crippen molar-refractivity contribution in [2.75, 3.05) is 43.7 Å². The van der Waals surface area contributed by atoms with Crippen molar-refractivity contribution in [2.24, 2.45) is 0 Å². The van der Waals surface area contributed by atoms with Gasteiger partial charge in [0.05, 0.1) is 47.6 Å². The van der Waals surface area contributed by atoms with E-state index in [1.54, 1.807) is 12.1 Å². The van der Waals surface area contributed by atoms with Gasteiger partial charge in [-0.05, 0) is 56.7 Å². The molecule has 7 heterocycles. The number of carbonyl (C=O) groups excluding carboxylic acids is 1. The van der Waals surface area contributed by atoms with Crippen molar-refractivity contribution in [1.29, 1.82) is 0 Å². The zero-order chi connectivity index (χ0) is 30.5. The number of amides is 2. The van der Waals surface area contributed by atoms with Crippen LogP contribution >= 0.6 is 0 Å². The molecule has 14 heteroatoms. The maximum atomic E-state index is 15.2. The van der Waals surface area contributed by atoms with Gasteiger partial charge < -0.3 is 39.6 Å². The minimum absolute atomic E-state index is 0.0156. The predicted octanol–water partition coefficient (Wildman–Crippen LogP) is 3.06. The number of carbonyl (C=O) groups is 2. The first-order valence-electron chi connectivity index (χ1n) is 14.7. The summed E-state index contributed by atoms with van der Waals surface area (Å²) in [6.45, 7) is 0.893. The summed E-state index contributed by atoms with van der Waals surface area (Å²) in [6.07, 6.45) is 4.16. The van der Waals surface area contributed by atoms with Gasteiger partial charge in [0, 0.05) is 18.7 Å². The number of nitrogens with zero attached hydrogens (tertiary/aromatic N) is 4. The van der Waals surface area contributed by atoms with Gasteiger partial charge in [-0.3, -0.25) is 9.78 Å². The Morgan fingerprint density at radius 3 is 2.80 bits per heavy atom. The lowest BCUT2D eigenvalue weighted by Gasteiger charge is -2.56. The van der Waals surface area contributed by atoms with Gasteiger partial charge >= 0.3 is 6.09 Å². The van der Waals surface area contributed by atoms with E-state index >= 15 is 4.39 Å². The van der Waals surface area contributed by atoms with Crippen LogP contribution in [0.3, 0.4) is 0 Å². The number of aryl methyl sites for hydroxylation is 1. The molecule has 3 N–H and O–H groups in total. The summed E-state index contributed by atoms with van der Waals surface area (Å²) in [6, 6.07) is 6.77. The standard InChI is InChI=1S/C30H33FN6O7/c1-37(23-4-3-21-27(34-23)35-24(38)15-42-21)29-8-10-30(11-9-29,44-16-29)7-6-17-18(31)12-32-19-2-5-25(36-26(17)19)43-14-22-20(13-41-22)33-28(39)40/h2-5,12,20,22,33H,6-11,13-16H2,1H3,(H,39,40)(H,34,35,38)/t20-,22-,29?,30?/m0/s1. The molecular formula is C30H33FN6O7. The van der Waals surface area contributed by atoms with Crippen molar-refractivity contribution < 1.29 is 38.0 Å². The van der Waals surface area contributed by atoms with Crippen LogP contribution in [0, 0.1) is 5.82 Å². The van der Waals surface area contributed by atoms with Crippen LogP contribution in [0.25, 0.3) is 11.0 Å². The summed E-state index contributed by atoms with van der Waals surface area (Å²) in [5.41, 5.74) is 0.866. The third-order valence-electron chi connectivity index (χ3n) is 9.47. The molecule has 1 saturated carbocycles. The third kappa shape index (κ3) is 5.21. The SMILES string of the molecule is CN(c1ccc2c(n1)NC(=O)CO2)C12CCC(CCc3c(F)cnc4ccc(OC[C@@H]5OC[C@@H]5NC(=O)O)nc34)(CC1)OC2. The molecule has 0 unspecified atom stereocenters. The number of halogens is 1. The van der Waals surface area contributed by atoms with Crippen LogP contribution in [0.2, 0.25) is 0 Å². The number of hydrogen-bond donors (Lipinski definition) is 3. The lowest BCUT2D eigenvalue weighted by Crippen LogP contribution is -2.62. The van der Waals surface area contributed by atoms with E-state index in [9.17, 15) is 9.59 Å². The minimum atomic E-state index is -1.12. The van der Waals surface area contributed by atoms with Crippen LogP contribution in [0.15, 0.2) is 30.5 Å². The van der Waals surface area contributed by atoms with Crippen molar-refractivity contribution in [1.82, 2.24) is 20.3 Å². The van der Waals surface area contributed by atoms with Crippen molar-refractivity contribution in [3.05, 3.63) is 41.8 Å². The Hall–Kier alpha value is -4.30. The summed E-state index contributed by atoms with van der Waals surface area (Å²) in [7, 11) is 2.01. The van der Waals surface area contributed by atoms with Crippen LogP contribution in [-0.4, -0.2) is 88.8 Å². The van der Waals surface area contributed by atoms with E-state index in [2.05, 4.69) is 30.5 Å². The molecule has 0 spiro atoms. The van der Waals surface area contributed by atoms with E-state index in [0.29, 0.717) is 47.6 Å². The molecule has 3 aromatic heterocycles. The number of fused-ring (bicyclic) bond motifs is 5. The molecule has 232 valence electrons. The van der Waals surface area contributed by atoms with Gasteiger partial charge in [-0.1, -0.05) is 0 Å². The predicted molar refractivity (Wildman–Crippen MR) is 155 cm³/mol. The molecule has 2 bridgehead atoms. The molecule has 2 atom stereocenters. The number of aromatic nitrogens is 3. The van der Waals surface area contributed by atoms with Crippen LogP contribution < -0.4 is 25.0 Å². The fourth-order valence-electron chi connectivity index (χ4n) is 6.59. The molecule has 1 aliphatic carbocycles. The molecule has 4 fully saturated rings. The fourth-order valence-corrected chi connectivity index (χ4v) is 6.59. The van der Waals surface area contributed by atoms with Crippen molar-refractivity contribution in [2.45, 2.75) is 61.8 Å². The van der Waals surface area contributed by atoms with E-state index in [-0.39, 0.29) is 48.8 Å². The Morgan fingerprint density at radius 2 is 2.07 bits per heavy atom. The molecule has 0 radical (unpaired) electrons. The van der Waals surface area contributed by atoms with E-state index in [1.165, 1.54) is 6.20 Å². The second-order valence-corrected chi connectivity index (χ2v) is 11.9. The van der Waals surface area contributed by atoms with Gasteiger partial charge in [0.2, 0.25) is 5.88 Å². The molecule has 3 saturated heterocycles. The van der Waals surface area contributed by atoms with Gasteiger partial charge in [0.1, 0.15) is 24.3 Å². The third-order valence-corrected chi connectivity index (χ3v) is 9.47. The van der Waals surface area contributed by atoms with Gasteiger partial charge in [0.25, 0.3) is 5.91 Å². The number of hydrogen-bond acceptors (Lipinski definition) is 10. The van der Waals surface area contributed by atoms with E-state index < -0.39 is 18.0 Å². The maximum Gasteiger partial charge on any atom is 0.405 e. The van der Waals surface area contributed by atoms with Crippen molar-refractivity contribution in [3.63, 3.8) is 0 Å². The topological polar surface area (TPSA) is 157 Å². The summed E-state index contributed by atoms with van der Waals surface area (Å²) in [5, 5.41) is 14.1. The number of anilines is 2. The summed E-state index contributed by atoms with van der Waals surface area (Å²) >= 11 is 0. The summed E-state index contributed by atoms with van der Waals surface area (Å²) in [5.74, 6) is 1.35. The van der Waals surface area contributed by atoms with Crippen molar-refractivity contribution >= 4 is 34.7 Å². The fraction of sp³-hybridized carbons (Fsp3) is 0.500. The number of pyridine rings is 3. The van der Waals surface area contributed by atoms with E-state index in [1.807, 2.05) is 19.2 Å². The number of ether oxygens (including phenoxy) is 4. The number of carboxylic acid groups (broad SMARTS) is 1. The maximum absolute atomic E-state index is 15.2. The molecule has 2 amide bonds. The highest BCUT2D eigenvalue weighted by atomic mass is 19.1. The Labute approximate surface area is 252 Å². The largest absolute Gasteiger partial charge is 0.480 e. The lowest BCUT2D eigenvalue weighted by molar-refractivity contribution is -0.156. The highest BCUT2D eigenvalue weighted by Crippen LogP contribution is 2.49. The lowest BCUT2D eigenvalue weighted by atomic mass is 9.68. The highest BCUT2D eigenvalue weighted by molar-refractivity contribution is 5.94. The smallest absolute Gasteiger partial charge is 0.405 e. The number of rotatable bonds is 9. The Kier molecular flexibility index (Phi) is 7.12. The number of likely N-dealkylation sites (N-methyl/N-ethyl adjacent to an activating group) is 1. The first kappa shape index (κ1) is 28.5. The summed E-state index contributed by atoms with van der Waals surface area (Å²) in [4.78, 5) is 38.3. The van der Waals surface area contributed by atoms with Gasteiger partial charge in [-0.25, -0.2) is 19.2 Å². The second-order valence-electron chi connectivity index (χ2n) is 11.9. The molecule has 5 aliphatic rings. The molecule has 0 aromatic carbocycles. The van der Waals surface area contributed by atoms with Crippen molar-refractivity contribution in [3.8, 4) is 11.6 Å². The first-order chi connectivity index (χ1) is 21.2. The molecule has 8 rings (SSSR count). The zero-order valence-electron chi connectivity index (χ0n) is 24.2. The average Bonchev–Trinajstić information content (AvgIpc) is 3.03.